The fourth-order valence-electron chi connectivity index (χ4n) is 2.68. The van der Waals surface area contributed by atoms with E-state index in [0.29, 0.717) is 21.7 Å². The number of nitrogens with one attached hydrogen (secondary N) is 1. The van der Waals surface area contributed by atoms with Gasteiger partial charge in [0, 0.05) is 21.7 Å². The summed E-state index contributed by atoms with van der Waals surface area (Å²) in [5.74, 6) is -1.50. The standard InChI is InChI=1S/C23H18ClNO4/c24-19-13-11-18(12-14-19)23(28)25-15-20(26)29-22(17-9-5-2-6-10-17)21(27)16-7-3-1-4-8-16/h1-14,22H,15H2,(H,25,28)/t22-/m1/s1. The molecule has 0 aliphatic heterocycles. The minimum Gasteiger partial charge on any atom is -0.448 e. The van der Waals surface area contributed by atoms with E-state index in [2.05, 4.69) is 5.32 Å². The molecule has 0 radical (unpaired) electrons. The Hall–Kier alpha value is -3.44. The second-order valence-corrected chi connectivity index (χ2v) is 6.64. The van der Waals surface area contributed by atoms with Gasteiger partial charge in [-0.1, -0.05) is 72.3 Å². The number of ether oxygens (including phenoxy) is 1. The van der Waals surface area contributed by atoms with Crippen molar-refractivity contribution in [2.75, 3.05) is 6.54 Å². The molecule has 0 saturated carbocycles. The molecule has 6 heteroatoms. The van der Waals surface area contributed by atoms with Gasteiger partial charge in [-0.3, -0.25) is 14.4 Å². The maximum absolute atomic E-state index is 12.9. The molecule has 3 aromatic carbocycles. The number of carbonyl (C=O) groups excluding carboxylic acids is 3. The molecular weight excluding hydrogens is 390 g/mol. The van der Waals surface area contributed by atoms with Crippen LogP contribution >= 0.6 is 11.6 Å². The first-order chi connectivity index (χ1) is 14.0. The highest BCUT2D eigenvalue weighted by molar-refractivity contribution is 6.30. The average molecular weight is 408 g/mol. The van der Waals surface area contributed by atoms with Crippen molar-refractivity contribution >= 4 is 29.3 Å². The van der Waals surface area contributed by atoms with Crippen LogP contribution < -0.4 is 5.32 Å². The van der Waals surface area contributed by atoms with Gasteiger partial charge in [0.2, 0.25) is 5.78 Å². The van der Waals surface area contributed by atoms with Crippen molar-refractivity contribution < 1.29 is 19.1 Å². The van der Waals surface area contributed by atoms with Gasteiger partial charge in [-0.25, -0.2) is 0 Å². The molecule has 29 heavy (non-hydrogen) atoms. The predicted octanol–water partition coefficient (Wildman–Crippen LogP) is 4.24. The number of carbonyl (C=O) groups is 3. The fraction of sp³-hybridized carbons (Fsp3) is 0.0870. The maximum Gasteiger partial charge on any atom is 0.326 e. The fourth-order valence-corrected chi connectivity index (χ4v) is 2.81. The Labute approximate surface area is 173 Å². The topological polar surface area (TPSA) is 72.5 Å². The van der Waals surface area contributed by atoms with Gasteiger partial charge in [-0.05, 0) is 24.3 Å². The van der Waals surface area contributed by atoms with Crippen LogP contribution in [0.25, 0.3) is 0 Å². The SMILES string of the molecule is O=C(CNC(=O)c1ccc(Cl)cc1)O[C@@H](C(=O)c1ccccc1)c1ccccc1. The van der Waals surface area contributed by atoms with Crippen molar-refractivity contribution in [3.8, 4) is 0 Å². The summed E-state index contributed by atoms with van der Waals surface area (Å²) in [7, 11) is 0. The highest BCUT2D eigenvalue weighted by Crippen LogP contribution is 2.22. The molecule has 0 unspecified atom stereocenters. The summed E-state index contributed by atoms with van der Waals surface area (Å²) in [5, 5.41) is 2.99. The number of Topliss-reactive ketones (excluding diaryl/α,β-unsaturated/α-hetero) is 1. The van der Waals surface area contributed by atoms with Gasteiger partial charge in [-0.2, -0.15) is 0 Å². The van der Waals surface area contributed by atoms with Crippen LogP contribution in [0.1, 0.15) is 32.4 Å². The lowest BCUT2D eigenvalue weighted by atomic mass is 10.00. The number of hydrogen-bond acceptors (Lipinski definition) is 4. The number of ketones is 1. The predicted molar refractivity (Wildman–Crippen MR) is 110 cm³/mol. The normalized spacial score (nSPS) is 11.3. The molecule has 0 spiro atoms. The third-order valence-electron chi connectivity index (χ3n) is 4.15. The van der Waals surface area contributed by atoms with E-state index < -0.39 is 18.0 Å². The smallest absolute Gasteiger partial charge is 0.326 e. The van der Waals surface area contributed by atoms with Crippen LogP contribution in [0.3, 0.4) is 0 Å². The Morgan fingerprint density at radius 2 is 1.38 bits per heavy atom. The molecule has 0 heterocycles. The van der Waals surface area contributed by atoms with Crippen LogP contribution in [0.4, 0.5) is 0 Å². The summed E-state index contributed by atoms with van der Waals surface area (Å²) in [5.41, 5.74) is 1.35. The maximum atomic E-state index is 12.9. The second kappa shape index (κ2) is 9.66. The van der Waals surface area contributed by atoms with Gasteiger partial charge in [-0.15, -0.1) is 0 Å². The molecule has 0 bridgehead atoms. The molecular formula is C23H18ClNO4. The Morgan fingerprint density at radius 1 is 0.793 bits per heavy atom. The van der Waals surface area contributed by atoms with E-state index in [1.165, 1.54) is 0 Å². The summed E-state index contributed by atoms with van der Waals surface area (Å²) >= 11 is 5.80. The van der Waals surface area contributed by atoms with Gasteiger partial charge in [0.15, 0.2) is 6.10 Å². The largest absolute Gasteiger partial charge is 0.448 e. The number of rotatable bonds is 7. The number of hydrogen-bond donors (Lipinski definition) is 1. The molecule has 1 atom stereocenters. The van der Waals surface area contributed by atoms with E-state index in [1.54, 1.807) is 78.9 Å². The highest BCUT2D eigenvalue weighted by Gasteiger charge is 2.26. The molecule has 5 nitrogen and oxygen atoms in total. The third-order valence-corrected chi connectivity index (χ3v) is 4.40. The number of benzene rings is 3. The monoisotopic (exact) mass is 407 g/mol. The van der Waals surface area contributed by atoms with Crippen molar-refractivity contribution in [3.63, 3.8) is 0 Å². The van der Waals surface area contributed by atoms with Crippen molar-refractivity contribution in [1.29, 1.82) is 0 Å². The average Bonchev–Trinajstić information content (AvgIpc) is 2.77. The van der Waals surface area contributed by atoms with Gasteiger partial charge in [0.1, 0.15) is 6.54 Å². The summed E-state index contributed by atoms with van der Waals surface area (Å²) in [4.78, 5) is 37.4. The molecule has 0 fully saturated rings. The number of amides is 1. The zero-order chi connectivity index (χ0) is 20.6. The summed E-state index contributed by atoms with van der Waals surface area (Å²) in [6.45, 7) is -0.368. The summed E-state index contributed by atoms with van der Waals surface area (Å²) in [6, 6.07) is 23.6. The van der Waals surface area contributed by atoms with E-state index in [4.69, 9.17) is 16.3 Å². The van der Waals surface area contributed by atoms with E-state index in [-0.39, 0.29) is 12.3 Å². The van der Waals surface area contributed by atoms with Crippen LogP contribution in [0.2, 0.25) is 5.02 Å². The Kier molecular flexibility index (Phi) is 6.76. The van der Waals surface area contributed by atoms with Gasteiger partial charge in [0.05, 0.1) is 0 Å². The van der Waals surface area contributed by atoms with Crippen molar-refractivity contribution in [3.05, 3.63) is 107 Å². The molecule has 146 valence electrons. The third kappa shape index (κ3) is 5.53. The van der Waals surface area contributed by atoms with Gasteiger partial charge < -0.3 is 10.1 Å². The number of halogens is 1. The van der Waals surface area contributed by atoms with E-state index in [9.17, 15) is 14.4 Å². The molecule has 3 rings (SSSR count). The molecule has 0 aliphatic rings. The van der Waals surface area contributed by atoms with Gasteiger partial charge >= 0.3 is 5.97 Å². The summed E-state index contributed by atoms with van der Waals surface area (Å²) in [6.07, 6.45) is -1.10. The quantitative estimate of drug-likeness (QED) is 0.469. The highest BCUT2D eigenvalue weighted by atomic mass is 35.5. The van der Waals surface area contributed by atoms with Crippen LogP contribution in [0, 0.1) is 0 Å². The van der Waals surface area contributed by atoms with Crippen LogP contribution in [-0.2, 0) is 9.53 Å². The summed E-state index contributed by atoms with van der Waals surface area (Å²) < 4.78 is 5.43. The Bertz CT molecular complexity index is 988. The van der Waals surface area contributed by atoms with E-state index >= 15 is 0 Å². The minimum absolute atomic E-state index is 0.339. The minimum atomic E-state index is -1.10. The van der Waals surface area contributed by atoms with Crippen molar-refractivity contribution in [2.24, 2.45) is 0 Å². The molecule has 0 saturated heterocycles. The first-order valence-electron chi connectivity index (χ1n) is 8.92. The lowest BCUT2D eigenvalue weighted by molar-refractivity contribution is -0.146. The molecule has 0 aromatic heterocycles. The van der Waals surface area contributed by atoms with Crippen molar-refractivity contribution in [2.45, 2.75) is 6.10 Å². The van der Waals surface area contributed by atoms with E-state index in [0.717, 1.165) is 0 Å². The zero-order valence-corrected chi connectivity index (χ0v) is 16.1. The lowest BCUT2D eigenvalue weighted by Gasteiger charge is -2.17. The first kappa shape index (κ1) is 20.3. The van der Waals surface area contributed by atoms with Crippen LogP contribution in [0.5, 0.6) is 0 Å². The van der Waals surface area contributed by atoms with Crippen molar-refractivity contribution in [1.82, 2.24) is 5.32 Å². The van der Waals surface area contributed by atoms with Gasteiger partial charge in [0.25, 0.3) is 5.91 Å². The number of esters is 1. The van der Waals surface area contributed by atoms with E-state index in [1.807, 2.05) is 6.07 Å². The molecule has 1 amide bonds. The molecule has 1 N–H and O–H groups in total. The van der Waals surface area contributed by atoms with Crippen LogP contribution in [-0.4, -0.2) is 24.2 Å². The second-order valence-electron chi connectivity index (χ2n) is 6.20. The Balaban J connectivity index is 1.69. The van der Waals surface area contributed by atoms with Crippen LogP contribution in [0.15, 0.2) is 84.9 Å². The molecule has 3 aromatic rings. The first-order valence-corrected chi connectivity index (χ1v) is 9.30. The molecule has 0 aliphatic carbocycles. The zero-order valence-electron chi connectivity index (χ0n) is 15.4. The Morgan fingerprint density at radius 3 is 2.00 bits per heavy atom. The lowest BCUT2D eigenvalue weighted by Crippen LogP contribution is -2.32.